The van der Waals surface area contributed by atoms with Gasteiger partial charge in [-0.15, -0.1) is 0 Å². The molecule has 0 saturated heterocycles. The molecule has 1 atom stereocenters. The molecule has 0 aromatic rings. The Bertz CT molecular complexity index is 320. The van der Waals surface area contributed by atoms with Gasteiger partial charge in [-0.1, -0.05) is 6.58 Å². The Morgan fingerprint density at radius 3 is 2.43 bits per heavy atom. The maximum Gasteiger partial charge on any atom is 0.332 e. The van der Waals surface area contributed by atoms with E-state index < -0.39 is 15.8 Å². The highest BCUT2D eigenvalue weighted by molar-refractivity contribution is 7.90. The second kappa shape index (κ2) is 5.11. The molecule has 0 aliphatic carbocycles. The lowest BCUT2D eigenvalue weighted by Crippen LogP contribution is -2.34. The van der Waals surface area contributed by atoms with Crippen molar-refractivity contribution in [2.45, 2.75) is 13.0 Å². The minimum absolute atomic E-state index is 0.0140. The molecule has 0 heterocycles. The molecule has 2 N–H and O–H groups in total. The van der Waals surface area contributed by atoms with Crippen LogP contribution >= 0.6 is 0 Å². The summed E-state index contributed by atoms with van der Waals surface area (Å²) in [6, 6.07) is -0.277. The highest BCUT2D eigenvalue weighted by atomic mass is 32.2. The summed E-state index contributed by atoms with van der Waals surface area (Å²) in [4.78, 5) is 10.3. The van der Waals surface area contributed by atoms with E-state index >= 15 is 0 Å². The molecule has 0 aliphatic heterocycles. The van der Waals surface area contributed by atoms with Crippen LogP contribution in [0, 0.1) is 0 Å². The molecule has 0 aromatic carbocycles. The van der Waals surface area contributed by atoms with Crippen LogP contribution in [0.2, 0.25) is 0 Å². The van der Waals surface area contributed by atoms with Gasteiger partial charge < -0.3 is 10.4 Å². The van der Waals surface area contributed by atoms with Gasteiger partial charge in [-0.25, -0.2) is 13.2 Å². The Kier molecular flexibility index (Phi) is 4.79. The summed E-state index contributed by atoms with van der Waals surface area (Å²) >= 11 is 0. The van der Waals surface area contributed by atoms with Crippen LogP contribution in [0.15, 0.2) is 12.2 Å². The standard InChI is InChI=1S/C8H15NO4S/c1-6(8(10)11)4-9-7(2)5-14(3,12)13/h7,9H,1,4-5H2,2-3H3,(H,10,11). The summed E-state index contributed by atoms with van der Waals surface area (Å²) in [6.45, 7) is 5.08. The van der Waals surface area contributed by atoms with Gasteiger partial charge in [-0.3, -0.25) is 0 Å². The van der Waals surface area contributed by atoms with E-state index in [0.29, 0.717) is 0 Å². The summed E-state index contributed by atoms with van der Waals surface area (Å²) in [6.07, 6.45) is 1.14. The molecule has 0 saturated carbocycles. The molecule has 6 heteroatoms. The fourth-order valence-corrected chi connectivity index (χ4v) is 1.91. The average Bonchev–Trinajstić information content (AvgIpc) is 1.96. The fraction of sp³-hybridized carbons (Fsp3) is 0.625. The first-order valence-electron chi connectivity index (χ1n) is 4.04. The first-order valence-corrected chi connectivity index (χ1v) is 6.10. The lowest BCUT2D eigenvalue weighted by Gasteiger charge is -2.11. The van der Waals surface area contributed by atoms with Gasteiger partial charge in [0, 0.05) is 24.4 Å². The molecule has 0 amide bonds. The van der Waals surface area contributed by atoms with Gasteiger partial charge in [0.05, 0.1) is 5.75 Å². The molecule has 0 fully saturated rings. The van der Waals surface area contributed by atoms with E-state index in [4.69, 9.17) is 5.11 Å². The van der Waals surface area contributed by atoms with Gasteiger partial charge in [-0.2, -0.15) is 0 Å². The molecule has 0 spiro atoms. The highest BCUT2D eigenvalue weighted by Crippen LogP contribution is 1.93. The van der Waals surface area contributed by atoms with Gasteiger partial charge in [0.1, 0.15) is 9.84 Å². The van der Waals surface area contributed by atoms with Crippen molar-refractivity contribution in [3.63, 3.8) is 0 Å². The zero-order chi connectivity index (χ0) is 11.4. The molecule has 82 valence electrons. The van der Waals surface area contributed by atoms with Crippen LogP contribution in [0.3, 0.4) is 0 Å². The summed E-state index contributed by atoms with van der Waals surface area (Å²) in [5, 5.41) is 11.2. The summed E-state index contributed by atoms with van der Waals surface area (Å²) < 4.78 is 21.7. The Balaban J connectivity index is 3.92. The van der Waals surface area contributed by atoms with E-state index in [1.54, 1.807) is 6.92 Å². The van der Waals surface area contributed by atoms with Crippen LogP contribution in [0.25, 0.3) is 0 Å². The van der Waals surface area contributed by atoms with Crippen molar-refractivity contribution in [1.29, 1.82) is 0 Å². The summed E-state index contributed by atoms with van der Waals surface area (Å²) in [5.74, 6) is -1.09. The Morgan fingerprint density at radius 1 is 1.57 bits per heavy atom. The minimum Gasteiger partial charge on any atom is -0.478 e. The van der Waals surface area contributed by atoms with E-state index in [9.17, 15) is 13.2 Å². The van der Waals surface area contributed by atoms with Gasteiger partial charge >= 0.3 is 5.97 Å². The van der Waals surface area contributed by atoms with Crippen molar-refractivity contribution in [3.8, 4) is 0 Å². The van der Waals surface area contributed by atoms with Gasteiger partial charge in [0.15, 0.2) is 0 Å². The van der Waals surface area contributed by atoms with Crippen LogP contribution < -0.4 is 5.32 Å². The number of rotatable bonds is 6. The van der Waals surface area contributed by atoms with Crippen molar-refractivity contribution in [2.75, 3.05) is 18.6 Å². The topological polar surface area (TPSA) is 83.5 Å². The molecular formula is C8H15NO4S. The number of sulfone groups is 1. The Hall–Kier alpha value is -0.880. The van der Waals surface area contributed by atoms with Crippen LogP contribution in [0.1, 0.15) is 6.92 Å². The smallest absolute Gasteiger partial charge is 0.332 e. The van der Waals surface area contributed by atoms with Gasteiger partial charge in [0.25, 0.3) is 0 Å². The molecule has 1 unspecified atom stereocenters. The van der Waals surface area contributed by atoms with Crippen molar-refractivity contribution < 1.29 is 18.3 Å². The van der Waals surface area contributed by atoms with E-state index in [1.807, 2.05) is 0 Å². The maximum absolute atomic E-state index is 10.8. The second-order valence-electron chi connectivity index (χ2n) is 3.28. The predicted molar refractivity (Wildman–Crippen MR) is 54.0 cm³/mol. The average molecular weight is 221 g/mol. The number of carboxylic acids is 1. The molecule has 14 heavy (non-hydrogen) atoms. The zero-order valence-corrected chi connectivity index (χ0v) is 9.10. The molecule has 0 aliphatic rings. The van der Waals surface area contributed by atoms with Crippen molar-refractivity contribution >= 4 is 15.8 Å². The zero-order valence-electron chi connectivity index (χ0n) is 8.28. The van der Waals surface area contributed by atoms with Crippen molar-refractivity contribution in [1.82, 2.24) is 5.32 Å². The Morgan fingerprint density at radius 2 is 2.07 bits per heavy atom. The molecular weight excluding hydrogens is 206 g/mol. The third-order valence-corrected chi connectivity index (χ3v) is 2.62. The van der Waals surface area contributed by atoms with Crippen LogP contribution in [-0.2, 0) is 14.6 Å². The van der Waals surface area contributed by atoms with Gasteiger partial charge in [0.2, 0.25) is 0 Å². The number of hydrogen-bond donors (Lipinski definition) is 2. The normalized spacial score (nSPS) is 13.6. The molecule has 0 bridgehead atoms. The number of carbonyl (C=O) groups is 1. The summed E-state index contributed by atoms with van der Waals surface area (Å²) in [5.41, 5.74) is 0.0188. The molecule has 0 radical (unpaired) electrons. The van der Waals surface area contributed by atoms with E-state index in [2.05, 4.69) is 11.9 Å². The van der Waals surface area contributed by atoms with Crippen molar-refractivity contribution in [3.05, 3.63) is 12.2 Å². The first-order chi connectivity index (χ1) is 6.22. The van der Waals surface area contributed by atoms with Crippen LogP contribution in [0.5, 0.6) is 0 Å². The van der Waals surface area contributed by atoms with Crippen LogP contribution in [0.4, 0.5) is 0 Å². The fourth-order valence-electron chi connectivity index (χ4n) is 0.886. The predicted octanol–water partition coefficient (Wildman–Crippen LogP) is -0.350. The highest BCUT2D eigenvalue weighted by Gasteiger charge is 2.11. The minimum atomic E-state index is -3.03. The SMILES string of the molecule is C=C(CNC(C)CS(C)(=O)=O)C(=O)O. The largest absolute Gasteiger partial charge is 0.478 e. The number of hydrogen-bond acceptors (Lipinski definition) is 4. The number of aliphatic carboxylic acids is 1. The molecule has 0 aromatic heterocycles. The Labute approximate surface area is 83.7 Å². The van der Waals surface area contributed by atoms with Crippen LogP contribution in [-0.4, -0.2) is 44.1 Å². The first kappa shape index (κ1) is 13.1. The quantitative estimate of drug-likeness (QED) is 0.599. The molecule has 0 rings (SSSR count). The monoisotopic (exact) mass is 221 g/mol. The summed E-state index contributed by atoms with van der Waals surface area (Å²) in [7, 11) is -3.03. The lowest BCUT2D eigenvalue weighted by atomic mass is 10.3. The van der Waals surface area contributed by atoms with E-state index in [-0.39, 0.29) is 23.9 Å². The third-order valence-electron chi connectivity index (χ3n) is 1.52. The second-order valence-corrected chi connectivity index (χ2v) is 5.47. The van der Waals surface area contributed by atoms with E-state index in [1.165, 1.54) is 0 Å². The third kappa shape index (κ3) is 6.62. The molecule has 5 nitrogen and oxygen atoms in total. The number of nitrogens with one attached hydrogen (secondary N) is 1. The van der Waals surface area contributed by atoms with Crippen molar-refractivity contribution in [2.24, 2.45) is 0 Å². The van der Waals surface area contributed by atoms with Gasteiger partial charge in [-0.05, 0) is 6.92 Å². The maximum atomic E-state index is 10.8. The number of carboxylic acid groups (broad SMARTS) is 1. The van der Waals surface area contributed by atoms with E-state index in [0.717, 1.165) is 6.26 Å². The lowest BCUT2D eigenvalue weighted by molar-refractivity contribution is -0.132.